The minimum atomic E-state index is -0.650. The maximum absolute atomic E-state index is 11.9. The molecule has 2 aromatic carbocycles. The molecule has 0 atom stereocenters. The minimum absolute atomic E-state index is 0.114. The van der Waals surface area contributed by atoms with Crippen LogP contribution in [0.5, 0.6) is 11.5 Å². The highest BCUT2D eigenvalue weighted by Gasteiger charge is 2.16. The first-order valence-electron chi connectivity index (χ1n) is 6.47. The summed E-state index contributed by atoms with van der Waals surface area (Å²) >= 11 is 9.11. The molecule has 2 aromatic rings. The third-order valence-electron chi connectivity index (χ3n) is 2.76. The summed E-state index contributed by atoms with van der Waals surface area (Å²) in [7, 11) is 1.25. The number of carbonyl (C=O) groups excluding carboxylic acids is 2. The Morgan fingerprint density at radius 1 is 1.13 bits per heavy atom. The number of carbonyl (C=O) groups is 2. The number of esters is 2. The van der Waals surface area contributed by atoms with Crippen molar-refractivity contribution >= 4 is 39.5 Å². The highest BCUT2D eigenvalue weighted by atomic mass is 79.9. The van der Waals surface area contributed by atoms with Crippen molar-refractivity contribution in [3.05, 3.63) is 57.5 Å². The Hall–Kier alpha value is -2.05. The third kappa shape index (κ3) is 4.71. The molecule has 0 heterocycles. The van der Waals surface area contributed by atoms with Crippen molar-refractivity contribution in [3.8, 4) is 11.5 Å². The predicted octanol–water partition coefficient (Wildman–Crippen LogP) is 3.87. The van der Waals surface area contributed by atoms with Crippen LogP contribution in [-0.2, 0) is 9.53 Å². The summed E-state index contributed by atoms with van der Waals surface area (Å²) in [6.45, 7) is -0.324. The first-order chi connectivity index (χ1) is 11.0. The number of benzene rings is 2. The second-order valence-electron chi connectivity index (χ2n) is 4.33. The van der Waals surface area contributed by atoms with Crippen LogP contribution in [0.25, 0.3) is 0 Å². The molecule has 0 aliphatic heterocycles. The molecular weight excluding hydrogens is 388 g/mol. The maximum atomic E-state index is 11.9. The molecule has 0 saturated carbocycles. The van der Waals surface area contributed by atoms with E-state index in [1.165, 1.54) is 19.2 Å². The number of methoxy groups -OCH3 is 1. The van der Waals surface area contributed by atoms with E-state index >= 15 is 0 Å². The van der Waals surface area contributed by atoms with E-state index in [9.17, 15) is 9.59 Å². The van der Waals surface area contributed by atoms with Crippen LogP contribution in [0.4, 0.5) is 0 Å². The van der Waals surface area contributed by atoms with Crippen molar-refractivity contribution in [1.82, 2.24) is 0 Å². The summed E-state index contributed by atoms with van der Waals surface area (Å²) in [5.41, 5.74) is 0.163. The second-order valence-corrected chi connectivity index (χ2v) is 5.62. The maximum Gasteiger partial charge on any atom is 0.349 e. The number of para-hydroxylation sites is 1. The van der Waals surface area contributed by atoms with E-state index in [4.69, 9.17) is 21.1 Å². The van der Waals surface area contributed by atoms with Gasteiger partial charge in [-0.15, -0.1) is 0 Å². The molecule has 120 valence electrons. The molecule has 0 aliphatic rings. The van der Waals surface area contributed by atoms with E-state index in [-0.39, 0.29) is 17.9 Å². The Balaban J connectivity index is 2.01. The van der Waals surface area contributed by atoms with E-state index in [0.29, 0.717) is 15.2 Å². The number of hydrogen-bond donors (Lipinski definition) is 0. The van der Waals surface area contributed by atoms with Gasteiger partial charge in [0, 0.05) is 5.02 Å². The molecule has 0 N–H and O–H groups in total. The van der Waals surface area contributed by atoms with Crippen molar-refractivity contribution < 1.29 is 23.8 Å². The van der Waals surface area contributed by atoms with Gasteiger partial charge in [0.15, 0.2) is 6.61 Å². The average molecular weight is 400 g/mol. The lowest BCUT2D eigenvalue weighted by Crippen LogP contribution is -2.19. The lowest BCUT2D eigenvalue weighted by atomic mass is 10.2. The number of hydrogen-bond acceptors (Lipinski definition) is 5. The quantitative estimate of drug-likeness (QED) is 0.564. The minimum Gasteiger partial charge on any atom is -0.481 e. The molecule has 0 spiro atoms. The van der Waals surface area contributed by atoms with Crippen LogP contribution in [0.15, 0.2) is 46.9 Å². The van der Waals surface area contributed by atoms with Crippen molar-refractivity contribution in [1.29, 1.82) is 0 Å². The van der Waals surface area contributed by atoms with Crippen LogP contribution < -0.4 is 9.47 Å². The predicted molar refractivity (Wildman–Crippen MR) is 88.1 cm³/mol. The fraction of sp³-hybridized carbons (Fsp3) is 0.125. The van der Waals surface area contributed by atoms with Gasteiger partial charge in [-0.25, -0.2) is 9.59 Å². The summed E-state index contributed by atoms with van der Waals surface area (Å²) in [6, 6.07) is 11.2. The standard InChI is InChI=1S/C16H12BrClO5/c1-21-16(20)11-4-2-3-5-13(11)23-15(19)9-22-14-7-6-10(18)8-12(14)17/h2-8H,9H2,1H3. The van der Waals surface area contributed by atoms with E-state index in [0.717, 1.165) is 0 Å². The average Bonchev–Trinajstić information content (AvgIpc) is 2.54. The highest BCUT2D eigenvalue weighted by Crippen LogP contribution is 2.28. The van der Waals surface area contributed by atoms with E-state index in [2.05, 4.69) is 20.7 Å². The molecule has 0 bridgehead atoms. The zero-order valence-electron chi connectivity index (χ0n) is 12.0. The summed E-state index contributed by atoms with van der Waals surface area (Å²) in [6.07, 6.45) is 0. The van der Waals surface area contributed by atoms with Gasteiger partial charge in [-0.2, -0.15) is 0 Å². The largest absolute Gasteiger partial charge is 0.481 e. The molecule has 7 heteroatoms. The third-order valence-corrected chi connectivity index (χ3v) is 3.61. The monoisotopic (exact) mass is 398 g/mol. The molecule has 0 aliphatic carbocycles. The van der Waals surface area contributed by atoms with Gasteiger partial charge in [0.25, 0.3) is 0 Å². The molecule has 0 amide bonds. The van der Waals surface area contributed by atoms with Crippen LogP contribution in [0.2, 0.25) is 5.02 Å². The molecule has 0 unspecified atom stereocenters. The summed E-state index contributed by atoms with van der Waals surface area (Å²) < 4.78 is 15.8. The van der Waals surface area contributed by atoms with Crippen molar-refractivity contribution in [3.63, 3.8) is 0 Å². The van der Waals surface area contributed by atoms with Gasteiger partial charge in [0.05, 0.1) is 11.6 Å². The van der Waals surface area contributed by atoms with Gasteiger partial charge in [-0.3, -0.25) is 0 Å². The van der Waals surface area contributed by atoms with Gasteiger partial charge < -0.3 is 14.2 Å². The van der Waals surface area contributed by atoms with Crippen molar-refractivity contribution in [2.45, 2.75) is 0 Å². The number of ether oxygens (including phenoxy) is 3. The number of halogens is 2. The van der Waals surface area contributed by atoms with Crippen LogP contribution in [0, 0.1) is 0 Å². The molecule has 0 fully saturated rings. The zero-order valence-corrected chi connectivity index (χ0v) is 14.4. The van der Waals surface area contributed by atoms with Gasteiger partial charge >= 0.3 is 11.9 Å². The first-order valence-corrected chi connectivity index (χ1v) is 7.64. The highest BCUT2D eigenvalue weighted by molar-refractivity contribution is 9.10. The van der Waals surface area contributed by atoms with Crippen LogP contribution in [0.1, 0.15) is 10.4 Å². The summed E-state index contributed by atoms with van der Waals surface area (Å²) in [4.78, 5) is 23.5. The van der Waals surface area contributed by atoms with Gasteiger partial charge in [-0.05, 0) is 46.3 Å². The van der Waals surface area contributed by atoms with Crippen LogP contribution >= 0.6 is 27.5 Å². The lowest BCUT2D eigenvalue weighted by molar-refractivity contribution is -0.136. The van der Waals surface area contributed by atoms with E-state index in [1.807, 2.05) is 0 Å². The normalized spacial score (nSPS) is 10.0. The van der Waals surface area contributed by atoms with E-state index < -0.39 is 11.9 Å². The topological polar surface area (TPSA) is 61.8 Å². The fourth-order valence-electron chi connectivity index (χ4n) is 1.72. The van der Waals surface area contributed by atoms with Crippen LogP contribution in [-0.4, -0.2) is 25.7 Å². The Morgan fingerprint density at radius 3 is 2.57 bits per heavy atom. The number of rotatable bonds is 5. The van der Waals surface area contributed by atoms with Crippen molar-refractivity contribution in [2.75, 3.05) is 13.7 Å². The Kier molecular flexibility index (Phi) is 6.01. The van der Waals surface area contributed by atoms with Gasteiger partial charge in [0.2, 0.25) is 0 Å². The fourth-order valence-corrected chi connectivity index (χ4v) is 2.51. The molecule has 5 nitrogen and oxygen atoms in total. The second kappa shape index (κ2) is 7.99. The smallest absolute Gasteiger partial charge is 0.349 e. The summed E-state index contributed by atoms with van der Waals surface area (Å²) in [5, 5.41) is 0.541. The molecular formula is C16H12BrClO5. The summed E-state index contributed by atoms with van der Waals surface area (Å²) in [5.74, 6) is -0.673. The Morgan fingerprint density at radius 2 is 1.87 bits per heavy atom. The molecule has 0 saturated heterocycles. The SMILES string of the molecule is COC(=O)c1ccccc1OC(=O)COc1ccc(Cl)cc1Br. The first kappa shape index (κ1) is 17.3. The van der Waals surface area contributed by atoms with Crippen molar-refractivity contribution in [2.24, 2.45) is 0 Å². The van der Waals surface area contributed by atoms with E-state index in [1.54, 1.807) is 30.3 Å². The molecule has 2 rings (SSSR count). The van der Waals surface area contributed by atoms with Gasteiger partial charge in [0.1, 0.15) is 17.1 Å². The lowest BCUT2D eigenvalue weighted by Gasteiger charge is -2.10. The molecule has 0 aromatic heterocycles. The Bertz CT molecular complexity index is 732. The van der Waals surface area contributed by atoms with Gasteiger partial charge in [-0.1, -0.05) is 23.7 Å². The molecule has 23 heavy (non-hydrogen) atoms. The Labute approximate surface area is 146 Å². The van der Waals surface area contributed by atoms with Crippen LogP contribution in [0.3, 0.4) is 0 Å². The molecule has 0 radical (unpaired) electrons. The zero-order chi connectivity index (χ0) is 16.8.